The smallest absolute Gasteiger partial charge is 0.0910 e. The van der Waals surface area contributed by atoms with Crippen LogP contribution in [0.4, 0.5) is 0 Å². The first-order valence-electron chi connectivity index (χ1n) is 2.96. The van der Waals surface area contributed by atoms with Gasteiger partial charge in [0.25, 0.3) is 0 Å². The van der Waals surface area contributed by atoms with E-state index in [2.05, 4.69) is 10.1 Å². The second-order valence-corrected chi connectivity index (χ2v) is 3.13. The zero-order valence-corrected chi connectivity index (χ0v) is 6.30. The highest BCUT2D eigenvalue weighted by Crippen LogP contribution is 2.03. The van der Waals surface area contributed by atoms with Gasteiger partial charge in [0, 0.05) is 6.07 Å². The van der Waals surface area contributed by atoms with Crippen molar-refractivity contribution in [3.05, 3.63) is 23.5 Å². The third-order valence-electron chi connectivity index (χ3n) is 1.18. The molecule has 10 heavy (non-hydrogen) atoms. The molecule has 3 nitrogen and oxygen atoms in total. The Balaban J connectivity index is 2.88. The Morgan fingerprint density at radius 1 is 1.60 bits per heavy atom. The Bertz CT molecular complexity index is 322. The van der Waals surface area contributed by atoms with Gasteiger partial charge in [-0.2, -0.15) is 0 Å². The number of aryl methyl sites for hydroxylation is 1. The van der Waals surface area contributed by atoms with E-state index in [0.717, 1.165) is 9.97 Å². The van der Waals surface area contributed by atoms with Crippen molar-refractivity contribution in [2.75, 3.05) is 0 Å². The minimum atomic E-state index is 0.944. The molecular weight excluding hydrogens is 146 g/mol. The summed E-state index contributed by atoms with van der Waals surface area (Å²) in [5.74, 6) is 0. The molecule has 0 saturated heterocycles. The fraction of sp³-hybridized carbons (Fsp3) is 0.167. The highest BCUT2D eigenvalue weighted by Gasteiger charge is 2.05. The van der Waals surface area contributed by atoms with Gasteiger partial charge in [-0.1, -0.05) is 9.61 Å². The predicted molar refractivity (Wildman–Crippen MR) is 37.8 cm³/mol. The number of fused-ring (bicyclic) bond motifs is 1. The van der Waals surface area contributed by atoms with Gasteiger partial charge in [-0.15, -0.1) is 0 Å². The van der Waals surface area contributed by atoms with E-state index in [0.29, 0.717) is 0 Å². The van der Waals surface area contributed by atoms with E-state index < -0.39 is 0 Å². The molecule has 0 atom stereocenters. The van der Waals surface area contributed by atoms with Crippen LogP contribution < -0.4 is 4.52 Å². The minimum Gasteiger partial charge on any atom is -0.0910 e. The molecule has 0 aliphatic carbocycles. The topological polar surface area (TPSA) is 29.9 Å². The monoisotopic (exact) mass is 152 g/mol. The van der Waals surface area contributed by atoms with Gasteiger partial charge in [0.05, 0.1) is 0 Å². The third-order valence-corrected chi connectivity index (χ3v) is 2.03. The molecular formula is C6H6N3S+. The predicted octanol–water partition coefficient (Wildman–Crippen LogP) is 0.585. The Labute approximate surface area is 62.0 Å². The number of hydrogen-bond acceptors (Lipinski definition) is 3. The second kappa shape index (κ2) is 1.98. The largest absolute Gasteiger partial charge is 0.409 e. The summed E-state index contributed by atoms with van der Waals surface area (Å²) in [5, 5.41) is 5.23. The van der Waals surface area contributed by atoms with E-state index in [4.69, 9.17) is 0 Å². The molecule has 0 aromatic carbocycles. The zero-order chi connectivity index (χ0) is 6.97. The number of rotatable bonds is 0. The molecule has 50 valence electrons. The minimum absolute atomic E-state index is 0.944. The summed E-state index contributed by atoms with van der Waals surface area (Å²) in [4.78, 5) is 5.07. The zero-order valence-electron chi connectivity index (χ0n) is 5.48. The van der Waals surface area contributed by atoms with Crippen molar-refractivity contribution < 1.29 is 4.52 Å². The fourth-order valence-corrected chi connectivity index (χ4v) is 1.50. The average molecular weight is 152 g/mol. The van der Waals surface area contributed by atoms with E-state index in [1.54, 1.807) is 22.0 Å². The van der Waals surface area contributed by atoms with Gasteiger partial charge in [0.15, 0.2) is 0 Å². The average Bonchev–Trinajstić information content (AvgIpc) is 2.27. The normalized spacial score (nSPS) is 10.5. The first kappa shape index (κ1) is 5.73. The van der Waals surface area contributed by atoms with Gasteiger partial charge in [-0.3, -0.25) is 0 Å². The van der Waals surface area contributed by atoms with Crippen molar-refractivity contribution >= 4 is 16.3 Å². The fourth-order valence-electron chi connectivity index (χ4n) is 0.803. The van der Waals surface area contributed by atoms with Crippen LogP contribution in [-0.2, 0) is 0 Å². The van der Waals surface area contributed by atoms with E-state index in [1.807, 2.05) is 19.2 Å². The molecule has 2 heterocycles. The lowest BCUT2D eigenvalue weighted by Crippen LogP contribution is -2.22. The van der Waals surface area contributed by atoms with Gasteiger partial charge >= 0.3 is 4.96 Å². The van der Waals surface area contributed by atoms with Crippen LogP contribution in [0, 0.1) is 6.92 Å². The first-order valence-corrected chi connectivity index (χ1v) is 3.78. The van der Waals surface area contributed by atoms with Crippen LogP contribution in [0.2, 0.25) is 0 Å². The lowest BCUT2D eigenvalue weighted by Gasteiger charge is -1.72. The Morgan fingerprint density at radius 3 is 3.30 bits per heavy atom. The molecule has 0 bridgehead atoms. The standard InChI is InChI=1S/C6H6N3S/c1-5-8-9-4-2-3-7-6(9)10-5/h2-4H,1H3/q+1. The molecule has 0 spiro atoms. The van der Waals surface area contributed by atoms with Gasteiger partial charge < -0.3 is 0 Å². The molecule has 2 aromatic heterocycles. The van der Waals surface area contributed by atoms with Gasteiger partial charge in [-0.05, 0) is 23.2 Å². The van der Waals surface area contributed by atoms with Crippen LogP contribution in [0.15, 0.2) is 18.5 Å². The molecule has 0 radical (unpaired) electrons. The van der Waals surface area contributed by atoms with E-state index in [-0.39, 0.29) is 0 Å². The van der Waals surface area contributed by atoms with Crippen molar-refractivity contribution in [1.29, 1.82) is 0 Å². The summed E-state index contributed by atoms with van der Waals surface area (Å²) in [6, 6.07) is 1.87. The van der Waals surface area contributed by atoms with E-state index in [1.165, 1.54) is 0 Å². The molecule has 0 amide bonds. The van der Waals surface area contributed by atoms with Gasteiger partial charge in [-0.25, -0.2) is 0 Å². The molecule has 0 saturated carbocycles. The number of nitrogens with zero attached hydrogens (tertiary/aromatic N) is 3. The maximum Gasteiger partial charge on any atom is 0.409 e. The van der Waals surface area contributed by atoms with Crippen molar-refractivity contribution in [3.8, 4) is 0 Å². The Morgan fingerprint density at radius 2 is 2.50 bits per heavy atom. The molecule has 0 unspecified atom stereocenters. The summed E-state index contributed by atoms with van der Waals surface area (Å²) in [6.07, 6.45) is 3.67. The second-order valence-electron chi connectivity index (χ2n) is 1.97. The lowest BCUT2D eigenvalue weighted by molar-refractivity contribution is -0.578. The van der Waals surface area contributed by atoms with Crippen LogP contribution in [0.25, 0.3) is 4.96 Å². The third kappa shape index (κ3) is 0.769. The summed E-state index contributed by atoms with van der Waals surface area (Å²) in [6.45, 7) is 1.97. The molecule has 0 N–H and O–H groups in total. The lowest BCUT2D eigenvalue weighted by atomic mass is 10.7. The highest BCUT2D eigenvalue weighted by atomic mass is 32.1. The summed E-state index contributed by atoms with van der Waals surface area (Å²) >= 11 is 1.59. The molecule has 0 aliphatic rings. The molecule has 0 aliphatic heterocycles. The Kier molecular flexibility index (Phi) is 1.14. The molecule has 4 heteroatoms. The molecule has 2 aromatic rings. The SMILES string of the molecule is Cc1n[n+]2cccnc2s1. The summed E-state index contributed by atoms with van der Waals surface area (Å²) in [5.41, 5.74) is 0. The van der Waals surface area contributed by atoms with Crippen molar-refractivity contribution in [2.45, 2.75) is 6.92 Å². The van der Waals surface area contributed by atoms with Crippen molar-refractivity contribution in [1.82, 2.24) is 10.1 Å². The molecule has 2 rings (SSSR count). The van der Waals surface area contributed by atoms with Crippen molar-refractivity contribution in [3.63, 3.8) is 0 Å². The highest BCUT2D eigenvalue weighted by molar-refractivity contribution is 7.16. The van der Waals surface area contributed by atoms with Gasteiger partial charge in [0.2, 0.25) is 0 Å². The van der Waals surface area contributed by atoms with Crippen LogP contribution >= 0.6 is 11.3 Å². The Hall–Kier alpha value is -1.03. The maximum absolute atomic E-state index is 4.19. The summed E-state index contributed by atoms with van der Waals surface area (Å²) in [7, 11) is 0. The maximum atomic E-state index is 4.19. The summed E-state index contributed by atoms with van der Waals surface area (Å²) < 4.78 is 1.78. The first-order chi connectivity index (χ1) is 4.86. The van der Waals surface area contributed by atoms with E-state index >= 15 is 0 Å². The molecule has 0 fully saturated rings. The van der Waals surface area contributed by atoms with Crippen LogP contribution in [0.1, 0.15) is 5.01 Å². The quantitative estimate of drug-likeness (QED) is 0.517. The number of aromatic nitrogens is 3. The van der Waals surface area contributed by atoms with Crippen LogP contribution in [0.3, 0.4) is 0 Å². The number of hydrogen-bond donors (Lipinski definition) is 0. The van der Waals surface area contributed by atoms with Crippen LogP contribution in [-0.4, -0.2) is 10.1 Å². The van der Waals surface area contributed by atoms with Gasteiger partial charge in [0.1, 0.15) is 17.4 Å². The van der Waals surface area contributed by atoms with E-state index in [9.17, 15) is 0 Å². The van der Waals surface area contributed by atoms with Crippen molar-refractivity contribution in [2.24, 2.45) is 0 Å². The van der Waals surface area contributed by atoms with Crippen LogP contribution in [0.5, 0.6) is 0 Å².